The molecule has 0 N–H and O–H groups in total. The number of hydrogen-bond acceptors (Lipinski definition) is 0. The molecule has 0 bridgehead atoms. The smallest absolute Gasteiger partial charge is 0.00211 e. The van der Waals surface area contributed by atoms with Crippen molar-refractivity contribution in [3.63, 3.8) is 0 Å². The topological polar surface area (TPSA) is 0 Å². The van der Waals surface area contributed by atoms with Crippen molar-refractivity contribution in [2.75, 3.05) is 0 Å². The number of benzene rings is 2. The van der Waals surface area contributed by atoms with Crippen molar-refractivity contribution in [3.05, 3.63) is 77.7 Å². The first-order chi connectivity index (χ1) is 11.9. The third kappa shape index (κ3) is 2.92. The van der Waals surface area contributed by atoms with Gasteiger partial charge in [-0.15, -0.1) is 0 Å². The third-order valence-electron chi connectivity index (χ3n) is 6.46. The normalized spacial score (nSPS) is 24.6. The zero-order valence-electron chi connectivity index (χ0n) is 14.7. The molecule has 2 aliphatic carbocycles. The lowest BCUT2D eigenvalue weighted by Crippen LogP contribution is -2.40. The minimum absolute atomic E-state index is 0.334. The number of hydrogen-bond donors (Lipinski definition) is 0. The first-order valence-electron chi connectivity index (χ1n) is 9.87. The molecule has 2 saturated carbocycles. The van der Waals surface area contributed by atoms with E-state index in [2.05, 4.69) is 60.7 Å². The van der Waals surface area contributed by atoms with E-state index in [-0.39, 0.29) is 0 Å². The highest BCUT2D eigenvalue weighted by Gasteiger charge is 2.46. The molecular formula is C24H29. The van der Waals surface area contributed by atoms with Gasteiger partial charge in [0.25, 0.3) is 0 Å². The Balaban J connectivity index is 1.75. The van der Waals surface area contributed by atoms with Crippen LogP contribution in [0.3, 0.4) is 0 Å². The molecule has 2 aromatic carbocycles. The van der Waals surface area contributed by atoms with Crippen molar-refractivity contribution in [1.29, 1.82) is 0 Å². The highest BCUT2D eigenvalue weighted by molar-refractivity contribution is 5.40. The summed E-state index contributed by atoms with van der Waals surface area (Å²) in [6, 6.07) is 22.8. The van der Waals surface area contributed by atoms with E-state index < -0.39 is 0 Å². The molecule has 1 radical (unpaired) electrons. The summed E-state index contributed by atoms with van der Waals surface area (Å²) < 4.78 is 0. The fourth-order valence-electron chi connectivity index (χ4n) is 5.35. The molecule has 2 aliphatic rings. The molecular weight excluding hydrogens is 288 g/mol. The van der Waals surface area contributed by atoms with E-state index in [9.17, 15) is 0 Å². The van der Waals surface area contributed by atoms with Crippen LogP contribution in [-0.2, 0) is 5.41 Å². The molecule has 2 aromatic rings. The zero-order chi connectivity index (χ0) is 16.2. The van der Waals surface area contributed by atoms with Crippen LogP contribution in [-0.4, -0.2) is 0 Å². The Morgan fingerprint density at radius 1 is 0.667 bits per heavy atom. The maximum absolute atomic E-state index is 2.40. The summed E-state index contributed by atoms with van der Waals surface area (Å²) >= 11 is 0. The molecule has 0 nitrogen and oxygen atoms in total. The molecule has 0 saturated heterocycles. The van der Waals surface area contributed by atoms with Crippen molar-refractivity contribution in [1.82, 2.24) is 0 Å². The van der Waals surface area contributed by atoms with Crippen molar-refractivity contribution in [2.45, 2.75) is 69.1 Å². The van der Waals surface area contributed by atoms with Gasteiger partial charge in [0.1, 0.15) is 0 Å². The summed E-state index contributed by atoms with van der Waals surface area (Å²) in [4.78, 5) is 0. The third-order valence-corrected chi connectivity index (χ3v) is 6.46. The second-order valence-corrected chi connectivity index (χ2v) is 7.74. The molecule has 0 amide bonds. The summed E-state index contributed by atoms with van der Waals surface area (Å²) in [5.41, 5.74) is 3.47. The van der Waals surface area contributed by atoms with E-state index in [1.807, 2.05) is 5.92 Å². The van der Waals surface area contributed by atoms with E-state index in [0.29, 0.717) is 11.3 Å². The van der Waals surface area contributed by atoms with Gasteiger partial charge in [-0.25, -0.2) is 0 Å². The SMILES string of the molecule is c1ccc(C2CCCC[C]2C2(c3ccccc3)CCCCC2)cc1. The quantitative estimate of drug-likeness (QED) is 0.582. The van der Waals surface area contributed by atoms with Crippen LogP contribution < -0.4 is 0 Å². The Morgan fingerprint density at radius 2 is 1.33 bits per heavy atom. The maximum Gasteiger partial charge on any atom is 0.00211 e. The molecule has 0 aliphatic heterocycles. The standard InChI is InChI=1S/C24H29/c1-4-12-20(13-5-1)22-16-8-9-17-23(22)24(18-10-3-11-19-24)21-14-6-2-7-15-21/h1-2,4-7,12-15,22H,3,8-11,16-19H2. The molecule has 0 aromatic heterocycles. The van der Waals surface area contributed by atoms with Gasteiger partial charge in [0, 0.05) is 5.41 Å². The van der Waals surface area contributed by atoms with Crippen LogP contribution in [0, 0.1) is 5.92 Å². The minimum atomic E-state index is 0.334. The Morgan fingerprint density at radius 3 is 2.04 bits per heavy atom. The van der Waals surface area contributed by atoms with Gasteiger partial charge in [0.2, 0.25) is 0 Å². The zero-order valence-corrected chi connectivity index (χ0v) is 14.7. The van der Waals surface area contributed by atoms with Gasteiger partial charge >= 0.3 is 0 Å². The van der Waals surface area contributed by atoms with Gasteiger partial charge in [-0.05, 0) is 48.6 Å². The maximum atomic E-state index is 2.40. The van der Waals surface area contributed by atoms with Gasteiger partial charge < -0.3 is 0 Å². The van der Waals surface area contributed by atoms with Gasteiger partial charge in [0.15, 0.2) is 0 Å². The lowest BCUT2D eigenvalue weighted by molar-refractivity contribution is 0.251. The Labute approximate surface area is 147 Å². The van der Waals surface area contributed by atoms with Crippen LogP contribution in [0.2, 0.25) is 0 Å². The average Bonchev–Trinajstić information content (AvgIpc) is 2.70. The Bertz CT molecular complexity index is 622. The minimum Gasteiger partial charge on any atom is -0.0622 e. The van der Waals surface area contributed by atoms with Crippen molar-refractivity contribution in [3.8, 4) is 0 Å². The van der Waals surface area contributed by atoms with Crippen molar-refractivity contribution < 1.29 is 0 Å². The first-order valence-corrected chi connectivity index (χ1v) is 9.87. The molecule has 125 valence electrons. The average molecular weight is 317 g/mol. The Hall–Kier alpha value is -1.56. The predicted molar refractivity (Wildman–Crippen MR) is 102 cm³/mol. The highest BCUT2D eigenvalue weighted by Crippen LogP contribution is 2.56. The van der Waals surface area contributed by atoms with Crippen molar-refractivity contribution in [2.24, 2.45) is 0 Å². The predicted octanol–water partition coefficient (Wildman–Crippen LogP) is 6.82. The molecule has 0 heteroatoms. The summed E-state index contributed by atoms with van der Waals surface area (Å²) in [5.74, 6) is 2.52. The molecule has 1 atom stereocenters. The van der Waals surface area contributed by atoms with Crippen LogP contribution in [0.15, 0.2) is 60.7 Å². The van der Waals surface area contributed by atoms with Gasteiger partial charge in [-0.3, -0.25) is 0 Å². The number of rotatable bonds is 3. The fourth-order valence-corrected chi connectivity index (χ4v) is 5.35. The summed E-state index contributed by atoms with van der Waals surface area (Å²) in [6.45, 7) is 0. The summed E-state index contributed by atoms with van der Waals surface area (Å²) in [6.07, 6.45) is 12.3. The second-order valence-electron chi connectivity index (χ2n) is 7.74. The van der Waals surface area contributed by atoms with Crippen LogP contribution in [0.4, 0.5) is 0 Å². The van der Waals surface area contributed by atoms with Gasteiger partial charge in [0.05, 0.1) is 0 Å². The molecule has 24 heavy (non-hydrogen) atoms. The highest BCUT2D eigenvalue weighted by atomic mass is 14.5. The summed E-state index contributed by atoms with van der Waals surface area (Å²) in [7, 11) is 0. The van der Waals surface area contributed by atoms with Crippen LogP contribution in [0.5, 0.6) is 0 Å². The van der Waals surface area contributed by atoms with Crippen LogP contribution >= 0.6 is 0 Å². The van der Waals surface area contributed by atoms with Crippen LogP contribution in [0.1, 0.15) is 74.8 Å². The van der Waals surface area contributed by atoms with Gasteiger partial charge in [-0.2, -0.15) is 0 Å². The van der Waals surface area contributed by atoms with Crippen molar-refractivity contribution >= 4 is 0 Å². The largest absolute Gasteiger partial charge is 0.0622 e. The molecule has 2 fully saturated rings. The van der Waals surface area contributed by atoms with E-state index in [1.54, 1.807) is 11.1 Å². The molecule has 0 spiro atoms. The van der Waals surface area contributed by atoms with Crippen LogP contribution in [0.25, 0.3) is 0 Å². The monoisotopic (exact) mass is 317 g/mol. The lowest BCUT2D eigenvalue weighted by Gasteiger charge is -2.49. The lowest BCUT2D eigenvalue weighted by atomic mass is 9.55. The molecule has 0 heterocycles. The fraction of sp³-hybridized carbons (Fsp3) is 0.458. The van der Waals surface area contributed by atoms with E-state index >= 15 is 0 Å². The molecule has 1 unspecified atom stereocenters. The molecule has 4 rings (SSSR count). The van der Waals surface area contributed by atoms with E-state index in [4.69, 9.17) is 0 Å². The van der Waals surface area contributed by atoms with Gasteiger partial charge in [-0.1, -0.05) is 92.8 Å². The van der Waals surface area contributed by atoms with E-state index in [1.165, 1.54) is 57.8 Å². The van der Waals surface area contributed by atoms with E-state index in [0.717, 1.165) is 0 Å². The Kier molecular flexibility index (Phi) is 4.74. The summed E-state index contributed by atoms with van der Waals surface area (Å²) in [5, 5.41) is 0. The second kappa shape index (κ2) is 7.13. The first kappa shape index (κ1) is 15.9.